The van der Waals surface area contributed by atoms with Gasteiger partial charge in [-0.1, -0.05) is 45.1 Å². The van der Waals surface area contributed by atoms with Crippen LogP contribution >= 0.6 is 0 Å². The van der Waals surface area contributed by atoms with Crippen molar-refractivity contribution in [3.8, 4) is 0 Å². The van der Waals surface area contributed by atoms with Crippen LogP contribution in [-0.2, 0) is 57.0 Å². The molecule has 0 aromatic carbocycles. The van der Waals surface area contributed by atoms with Crippen molar-refractivity contribution in [1.82, 2.24) is 9.80 Å². The van der Waals surface area contributed by atoms with E-state index in [4.69, 9.17) is 42.6 Å². The minimum absolute atomic E-state index is 0.0208. The van der Waals surface area contributed by atoms with Crippen LogP contribution in [0.5, 0.6) is 0 Å². The van der Waals surface area contributed by atoms with Gasteiger partial charge in [0, 0.05) is 38.8 Å². The molecule has 4 heterocycles. The number of aldehydes is 1. The number of likely N-dealkylation sites (N-methyl/N-ethyl adjacent to an activating group) is 2. The van der Waals surface area contributed by atoms with Crippen molar-refractivity contribution >= 4 is 18.2 Å². The van der Waals surface area contributed by atoms with Crippen LogP contribution < -0.4 is 0 Å². The van der Waals surface area contributed by atoms with Gasteiger partial charge in [0.05, 0.1) is 49.1 Å². The lowest BCUT2D eigenvalue weighted by molar-refractivity contribution is -0.344. The molecule has 0 saturated carbocycles. The van der Waals surface area contributed by atoms with Gasteiger partial charge in [0.1, 0.15) is 36.3 Å². The summed E-state index contributed by atoms with van der Waals surface area (Å²) in [6.45, 7) is 14.7. The highest BCUT2D eigenvalue weighted by Gasteiger charge is 2.53. The number of cyclic esters (lactones) is 1. The Balaban J connectivity index is 1.63. The van der Waals surface area contributed by atoms with E-state index in [1.54, 1.807) is 46.7 Å². The van der Waals surface area contributed by atoms with E-state index in [9.17, 15) is 29.7 Å². The van der Waals surface area contributed by atoms with Crippen LogP contribution in [0.15, 0.2) is 24.3 Å². The number of methoxy groups -OCH3 is 1. The van der Waals surface area contributed by atoms with Crippen LogP contribution in [0.25, 0.3) is 0 Å². The summed E-state index contributed by atoms with van der Waals surface area (Å²) in [5.41, 5.74) is -1.49. The predicted octanol–water partition coefficient (Wildman–Crippen LogP) is 3.92. The van der Waals surface area contributed by atoms with Crippen LogP contribution in [0.3, 0.4) is 0 Å². The number of hydrogen-bond acceptors (Lipinski definition) is 17. The van der Waals surface area contributed by atoms with E-state index in [0.29, 0.717) is 19.3 Å². The maximum absolute atomic E-state index is 13.2. The van der Waals surface area contributed by atoms with E-state index in [1.807, 2.05) is 66.1 Å². The molecule has 0 spiro atoms. The summed E-state index contributed by atoms with van der Waals surface area (Å²) in [5, 5.41) is 35.5. The molecule has 3 N–H and O–H groups in total. The summed E-state index contributed by atoms with van der Waals surface area (Å²) in [4.78, 5) is 42.3. The molecule has 0 radical (unpaired) electrons. The number of hydrogen-bond donors (Lipinski definition) is 3. The van der Waals surface area contributed by atoms with Gasteiger partial charge in [0.2, 0.25) is 0 Å². The molecule has 0 aromatic heterocycles. The molecular weight excluding hydrogens is 845 g/mol. The molecule has 4 rings (SSSR count). The SMILES string of the molecule is CO[C@H]1C(O)CC(=O)O[C@H](C)C/C=C\C=C/C(OC2CCC(N(C)C)C(C)O2)[C@H](C)C[C@H](CC=O)[C@@H]1OC1OC(C)C(OC2CC(C)(O)C(OC(=O)CC(C)C)C(C)O2)C(N(C)C)C1O. The minimum Gasteiger partial charge on any atom is -0.462 e. The number of esters is 2. The van der Waals surface area contributed by atoms with E-state index in [1.165, 1.54) is 7.11 Å². The summed E-state index contributed by atoms with van der Waals surface area (Å²) in [6, 6.07) is -0.506. The molecule has 17 heteroatoms. The normalized spacial score (nSPS) is 42.7. The standard InChI is InChI=1S/C48H82N2O15/c1-27(2)23-37(53)63-46-32(7)60-40(26-48(46,8)56)64-43-31(6)61-47(42(55)41(43)50(11)12)65-44-33(21-22-51)24-28(3)36(62-39-20-19-34(49(9)10)30(5)59-39)18-16-14-15-17-29(4)58-38(54)25-35(52)45(44)57-13/h14-16,18,22,27-36,39-47,52,55-56H,17,19-21,23-26H2,1-13H3/b15-14-,18-16-/t28-,29-,30?,31?,32?,33+,34?,35?,36?,39?,40?,41?,42?,43?,44+,45+,46?,47?,48?/m1/s1. The van der Waals surface area contributed by atoms with Gasteiger partial charge in [0.25, 0.3) is 0 Å². The van der Waals surface area contributed by atoms with E-state index < -0.39 is 116 Å². The van der Waals surface area contributed by atoms with Crippen LogP contribution in [-0.4, -0.2) is 182 Å². The molecule has 4 aliphatic heterocycles. The quantitative estimate of drug-likeness (QED) is 0.167. The zero-order valence-electron chi connectivity index (χ0n) is 41.1. The topological polar surface area (TPSA) is 201 Å². The number of ether oxygens (including phenoxy) is 9. The number of aliphatic hydroxyl groups excluding tert-OH is 2. The van der Waals surface area contributed by atoms with E-state index >= 15 is 0 Å². The number of nitrogens with zero attached hydrogens (tertiary/aromatic N) is 2. The van der Waals surface area contributed by atoms with Gasteiger partial charge < -0.3 is 72.5 Å². The molecule has 14 unspecified atom stereocenters. The third-order valence-corrected chi connectivity index (χ3v) is 13.2. The van der Waals surface area contributed by atoms with Gasteiger partial charge in [-0.15, -0.1) is 0 Å². The van der Waals surface area contributed by atoms with Crippen LogP contribution in [0, 0.1) is 17.8 Å². The number of aliphatic hydroxyl groups is 3. The summed E-state index contributed by atoms with van der Waals surface area (Å²) < 4.78 is 56.3. The fraction of sp³-hybridized carbons (Fsp3) is 0.854. The molecule has 17 nitrogen and oxygen atoms in total. The van der Waals surface area contributed by atoms with Crippen LogP contribution in [0.2, 0.25) is 0 Å². The number of rotatable bonds is 14. The van der Waals surface area contributed by atoms with Crippen molar-refractivity contribution in [1.29, 1.82) is 0 Å². The lowest BCUT2D eigenvalue weighted by Crippen LogP contribution is -2.66. The van der Waals surface area contributed by atoms with Crippen molar-refractivity contribution in [2.24, 2.45) is 17.8 Å². The molecule has 19 atom stereocenters. The van der Waals surface area contributed by atoms with Crippen molar-refractivity contribution in [3.05, 3.63) is 24.3 Å². The Morgan fingerprint density at radius 3 is 2.20 bits per heavy atom. The summed E-state index contributed by atoms with van der Waals surface area (Å²) >= 11 is 0. The van der Waals surface area contributed by atoms with E-state index in [2.05, 4.69) is 4.90 Å². The molecule has 3 fully saturated rings. The molecule has 4 aliphatic rings. The van der Waals surface area contributed by atoms with Crippen molar-refractivity contribution in [3.63, 3.8) is 0 Å². The van der Waals surface area contributed by atoms with Gasteiger partial charge in [-0.25, -0.2) is 0 Å². The average Bonchev–Trinajstić information content (AvgIpc) is 3.19. The molecule has 374 valence electrons. The van der Waals surface area contributed by atoms with Gasteiger partial charge >= 0.3 is 11.9 Å². The lowest BCUT2D eigenvalue weighted by Gasteiger charge is -2.50. The second-order valence-electron chi connectivity index (χ2n) is 19.9. The Kier molecular flexibility index (Phi) is 21.5. The van der Waals surface area contributed by atoms with Crippen molar-refractivity contribution in [2.45, 2.75) is 210 Å². The van der Waals surface area contributed by atoms with Crippen LogP contribution in [0.4, 0.5) is 0 Å². The fourth-order valence-electron chi connectivity index (χ4n) is 9.84. The summed E-state index contributed by atoms with van der Waals surface area (Å²) in [6.07, 6.45) is -1.52. The molecule has 0 amide bonds. The van der Waals surface area contributed by atoms with Gasteiger partial charge in [-0.05, 0) is 99.8 Å². The highest BCUT2D eigenvalue weighted by molar-refractivity contribution is 5.70. The summed E-state index contributed by atoms with van der Waals surface area (Å²) in [7, 11) is 9.03. The first kappa shape index (κ1) is 55.2. The monoisotopic (exact) mass is 927 g/mol. The lowest BCUT2D eigenvalue weighted by atomic mass is 9.82. The first-order valence-corrected chi connectivity index (χ1v) is 23.6. The Morgan fingerprint density at radius 1 is 0.908 bits per heavy atom. The highest BCUT2D eigenvalue weighted by atomic mass is 16.7. The second kappa shape index (κ2) is 25.3. The Hall–Kier alpha value is -2.39. The molecule has 0 aromatic rings. The Labute approximate surface area is 387 Å². The molecule has 0 aliphatic carbocycles. The maximum Gasteiger partial charge on any atom is 0.308 e. The second-order valence-corrected chi connectivity index (χ2v) is 19.9. The smallest absolute Gasteiger partial charge is 0.308 e. The van der Waals surface area contributed by atoms with Crippen molar-refractivity contribution in [2.75, 3.05) is 35.3 Å². The third kappa shape index (κ3) is 15.6. The van der Waals surface area contributed by atoms with Gasteiger partial charge in [0.15, 0.2) is 25.0 Å². The molecular formula is C48H82N2O15. The largest absolute Gasteiger partial charge is 0.462 e. The third-order valence-electron chi connectivity index (χ3n) is 13.2. The van der Waals surface area contributed by atoms with Gasteiger partial charge in [-0.3, -0.25) is 9.59 Å². The fourth-order valence-corrected chi connectivity index (χ4v) is 9.84. The Morgan fingerprint density at radius 2 is 1.60 bits per heavy atom. The highest BCUT2D eigenvalue weighted by Crippen LogP contribution is 2.38. The Bertz CT molecular complexity index is 1540. The number of allylic oxidation sites excluding steroid dienone is 2. The zero-order valence-corrected chi connectivity index (χ0v) is 41.1. The average molecular weight is 927 g/mol. The summed E-state index contributed by atoms with van der Waals surface area (Å²) in [5.74, 6) is -1.85. The maximum atomic E-state index is 13.2. The first-order chi connectivity index (χ1) is 30.6. The van der Waals surface area contributed by atoms with E-state index in [0.717, 1.165) is 12.7 Å². The molecule has 3 saturated heterocycles. The van der Waals surface area contributed by atoms with Gasteiger partial charge in [-0.2, -0.15) is 0 Å². The molecule has 65 heavy (non-hydrogen) atoms. The van der Waals surface area contributed by atoms with E-state index in [-0.39, 0.29) is 43.2 Å². The molecule has 0 bridgehead atoms. The number of carbonyl (C=O) groups is 3. The minimum atomic E-state index is -1.49. The van der Waals surface area contributed by atoms with Crippen LogP contribution in [0.1, 0.15) is 107 Å². The van der Waals surface area contributed by atoms with Crippen molar-refractivity contribution < 1.29 is 72.3 Å². The number of carbonyl (C=O) groups excluding carboxylic acids is 3. The predicted molar refractivity (Wildman–Crippen MR) is 240 cm³/mol. The first-order valence-electron chi connectivity index (χ1n) is 23.6. The zero-order chi connectivity index (χ0) is 48.3.